The first kappa shape index (κ1) is 15.2. The fourth-order valence-electron chi connectivity index (χ4n) is 2.65. The van der Waals surface area contributed by atoms with Gasteiger partial charge in [0.15, 0.2) is 0 Å². The minimum absolute atomic E-state index is 0.277. The molecule has 0 radical (unpaired) electrons. The number of benzene rings is 2. The lowest BCUT2D eigenvalue weighted by atomic mass is 10.1. The molecular weight excluding hydrogens is 323 g/mol. The third-order valence-electron chi connectivity index (χ3n) is 3.85. The molecule has 0 saturated heterocycles. The predicted octanol–water partition coefficient (Wildman–Crippen LogP) is 2.94. The van der Waals surface area contributed by atoms with Crippen LogP contribution in [0.5, 0.6) is 0 Å². The fourth-order valence-corrected chi connectivity index (χ4v) is 2.65. The zero-order valence-electron chi connectivity index (χ0n) is 13.3. The van der Waals surface area contributed by atoms with Crippen LogP contribution in [-0.4, -0.2) is 20.2 Å². The van der Waals surface area contributed by atoms with E-state index in [0.29, 0.717) is 17.0 Å². The third-order valence-corrected chi connectivity index (χ3v) is 3.85. The van der Waals surface area contributed by atoms with Gasteiger partial charge in [0.25, 0.3) is 0 Å². The van der Waals surface area contributed by atoms with Crippen molar-refractivity contribution in [3.05, 3.63) is 75.9 Å². The summed E-state index contributed by atoms with van der Waals surface area (Å²) in [6, 6.07) is 13.0. The van der Waals surface area contributed by atoms with Crippen molar-refractivity contribution in [3.8, 4) is 11.4 Å². The number of hydrogen-bond acceptors (Lipinski definition) is 5. The second-order valence-corrected chi connectivity index (χ2v) is 5.74. The molecule has 2 aromatic heterocycles. The third kappa shape index (κ3) is 3.03. The summed E-state index contributed by atoms with van der Waals surface area (Å²) in [6.45, 7) is 2.21. The zero-order valence-corrected chi connectivity index (χ0v) is 13.3. The fraction of sp³-hybridized carbons (Fsp3) is 0.111. The maximum atomic E-state index is 13.0. The molecule has 0 aliphatic carbocycles. The van der Waals surface area contributed by atoms with Crippen LogP contribution >= 0.6 is 0 Å². The van der Waals surface area contributed by atoms with E-state index >= 15 is 0 Å². The Balaban J connectivity index is 1.70. The average Bonchev–Trinajstić information content (AvgIpc) is 3.03. The van der Waals surface area contributed by atoms with Gasteiger partial charge in [-0.3, -0.25) is 0 Å². The van der Waals surface area contributed by atoms with Gasteiger partial charge in [-0.05, 0) is 53.6 Å². The van der Waals surface area contributed by atoms with E-state index in [1.165, 1.54) is 23.0 Å². The van der Waals surface area contributed by atoms with E-state index in [0.717, 1.165) is 16.5 Å². The molecule has 0 aliphatic rings. The normalized spacial score (nSPS) is 11.1. The topological polar surface area (TPSA) is 73.8 Å². The van der Waals surface area contributed by atoms with Gasteiger partial charge < -0.3 is 4.42 Å². The van der Waals surface area contributed by atoms with Gasteiger partial charge in [0.05, 0.1) is 6.54 Å². The number of tetrazole rings is 1. The Hall–Kier alpha value is -3.35. The number of rotatable bonds is 3. The quantitative estimate of drug-likeness (QED) is 0.538. The Morgan fingerprint density at radius 1 is 1.12 bits per heavy atom. The summed E-state index contributed by atoms with van der Waals surface area (Å²) in [5, 5.41) is 13.1. The van der Waals surface area contributed by atoms with E-state index in [1.54, 1.807) is 12.1 Å². The predicted molar refractivity (Wildman–Crippen MR) is 89.5 cm³/mol. The van der Waals surface area contributed by atoms with Crippen LogP contribution in [0.25, 0.3) is 22.4 Å². The van der Waals surface area contributed by atoms with Crippen LogP contribution in [0.3, 0.4) is 0 Å². The van der Waals surface area contributed by atoms with Crippen molar-refractivity contribution < 1.29 is 8.81 Å². The number of hydrogen-bond donors (Lipinski definition) is 0. The minimum atomic E-state index is -0.424. The van der Waals surface area contributed by atoms with Crippen molar-refractivity contribution in [1.82, 2.24) is 20.2 Å². The number of aromatic nitrogens is 4. The summed E-state index contributed by atoms with van der Waals surface area (Å²) in [7, 11) is 0. The highest BCUT2D eigenvalue weighted by molar-refractivity contribution is 5.80. The Morgan fingerprint density at radius 2 is 1.92 bits per heavy atom. The molecule has 0 amide bonds. The summed E-state index contributed by atoms with van der Waals surface area (Å²) in [6.07, 6.45) is 0. The summed E-state index contributed by atoms with van der Waals surface area (Å²) < 4.78 is 18.3. The van der Waals surface area contributed by atoms with Gasteiger partial charge in [0.2, 0.25) is 5.82 Å². The first-order valence-electron chi connectivity index (χ1n) is 7.66. The molecule has 4 rings (SSSR count). The highest BCUT2D eigenvalue weighted by Gasteiger charge is 2.10. The van der Waals surface area contributed by atoms with E-state index in [4.69, 9.17) is 4.42 Å². The summed E-state index contributed by atoms with van der Waals surface area (Å²) in [5.74, 6) is 0.0667. The maximum absolute atomic E-state index is 13.0. The maximum Gasteiger partial charge on any atom is 0.336 e. The van der Waals surface area contributed by atoms with Crippen LogP contribution in [0.2, 0.25) is 0 Å². The highest BCUT2D eigenvalue weighted by atomic mass is 19.1. The molecule has 124 valence electrons. The SMILES string of the molecule is Cc1ccc2c(Cn3nnc(-c4ccc(F)cc4)n3)cc(=O)oc2c1. The van der Waals surface area contributed by atoms with E-state index in [9.17, 15) is 9.18 Å². The first-order chi connectivity index (χ1) is 12.1. The number of aryl methyl sites for hydroxylation is 1. The molecule has 0 fully saturated rings. The second-order valence-electron chi connectivity index (χ2n) is 5.74. The molecule has 0 saturated carbocycles. The smallest absolute Gasteiger partial charge is 0.336 e. The van der Waals surface area contributed by atoms with Crippen LogP contribution in [0.4, 0.5) is 4.39 Å². The molecule has 2 heterocycles. The highest BCUT2D eigenvalue weighted by Crippen LogP contribution is 2.19. The largest absolute Gasteiger partial charge is 0.423 e. The van der Waals surface area contributed by atoms with E-state index < -0.39 is 5.63 Å². The van der Waals surface area contributed by atoms with Gasteiger partial charge in [-0.1, -0.05) is 12.1 Å². The molecule has 0 bridgehead atoms. The summed E-state index contributed by atoms with van der Waals surface area (Å²) in [5.41, 5.74) is 2.52. The Kier molecular flexibility index (Phi) is 3.61. The van der Waals surface area contributed by atoms with Gasteiger partial charge in [-0.2, -0.15) is 4.80 Å². The Bertz CT molecular complexity index is 1120. The summed E-state index contributed by atoms with van der Waals surface area (Å²) in [4.78, 5) is 13.2. The minimum Gasteiger partial charge on any atom is -0.423 e. The molecule has 0 atom stereocenters. The average molecular weight is 336 g/mol. The van der Waals surface area contributed by atoms with Crippen LogP contribution in [-0.2, 0) is 6.54 Å². The van der Waals surface area contributed by atoms with Crippen LogP contribution in [0.15, 0.2) is 57.7 Å². The van der Waals surface area contributed by atoms with Gasteiger partial charge in [0, 0.05) is 17.0 Å². The van der Waals surface area contributed by atoms with E-state index in [2.05, 4.69) is 15.4 Å². The standard InChI is InChI=1S/C18H13FN4O2/c1-11-2-7-15-13(9-17(24)25-16(15)8-11)10-23-21-18(20-22-23)12-3-5-14(19)6-4-12/h2-9H,10H2,1H3. The number of halogens is 1. The molecule has 4 aromatic rings. The molecule has 0 aliphatic heterocycles. The molecular formula is C18H13FN4O2. The van der Waals surface area contributed by atoms with Crippen molar-refractivity contribution in [3.63, 3.8) is 0 Å². The van der Waals surface area contributed by atoms with Crippen molar-refractivity contribution in [2.45, 2.75) is 13.5 Å². The Morgan fingerprint density at radius 3 is 2.72 bits per heavy atom. The van der Waals surface area contributed by atoms with Crippen molar-refractivity contribution in [2.75, 3.05) is 0 Å². The van der Waals surface area contributed by atoms with Gasteiger partial charge in [0.1, 0.15) is 11.4 Å². The van der Waals surface area contributed by atoms with Gasteiger partial charge in [-0.25, -0.2) is 9.18 Å². The van der Waals surface area contributed by atoms with Crippen molar-refractivity contribution >= 4 is 11.0 Å². The molecule has 7 heteroatoms. The van der Waals surface area contributed by atoms with Crippen LogP contribution < -0.4 is 5.63 Å². The lowest BCUT2D eigenvalue weighted by molar-refractivity contribution is 0.545. The van der Waals surface area contributed by atoms with Gasteiger partial charge >= 0.3 is 5.63 Å². The van der Waals surface area contributed by atoms with Crippen molar-refractivity contribution in [1.29, 1.82) is 0 Å². The number of fused-ring (bicyclic) bond motifs is 1. The molecule has 25 heavy (non-hydrogen) atoms. The van der Waals surface area contributed by atoms with Gasteiger partial charge in [-0.15, -0.1) is 10.2 Å². The zero-order chi connectivity index (χ0) is 17.4. The molecule has 2 aromatic carbocycles. The van der Waals surface area contributed by atoms with E-state index in [1.807, 2.05) is 25.1 Å². The molecule has 0 spiro atoms. The monoisotopic (exact) mass is 336 g/mol. The van der Waals surface area contributed by atoms with Crippen LogP contribution in [0.1, 0.15) is 11.1 Å². The molecule has 6 nitrogen and oxygen atoms in total. The second kappa shape index (κ2) is 5.94. The summed E-state index contributed by atoms with van der Waals surface area (Å²) >= 11 is 0. The lowest BCUT2D eigenvalue weighted by Gasteiger charge is -2.05. The Labute approximate surface area is 141 Å². The molecule has 0 N–H and O–H groups in total. The first-order valence-corrected chi connectivity index (χ1v) is 7.66. The van der Waals surface area contributed by atoms with Crippen LogP contribution in [0, 0.1) is 12.7 Å². The molecule has 0 unspecified atom stereocenters. The number of nitrogens with zero attached hydrogens (tertiary/aromatic N) is 4. The lowest BCUT2D eigenvalue weighted by Crippen LogP contribution is -2.08. The van der Waals surface area contributed by atoms with E-state index in [-0.39, 0.29) is 12.4 Å². The van der Waals surface area contributed by atoms with Crippen molar-refractivity contribution in [2.24, 2.45) is 0 Å².